The summed E-state index contributed by atoms with van der Waals surface area (Å²) in [5, 5.41) is 10.6. The number of Topliss-reactive ketones (excluding diaryl/α,β-unsaturated/α-hetero) is 1. The molecule has 1 aromatic carbocycles. The molecule has 110 valence electrons. The van der Waals surface area contributed by atoms with E-state index in [2.05, 4.69) is 0 Å². The van der Waals surface area contributed by atoms with E-state index in [0.29, 0.717) is 11.7 Å². The first-order chi connectivity index (χ1) is 10.1. The molecule has 2 aliphatic rings. The summed E-state index contributed by atoms with van der Waals surface area (Å²) >= 11 is 0. The minimum Gasteiger partial charge on any atom is -0.294 e. The number of nitro benzene ring substituents is 1. The van der Waals surface area contributed by atoms with Crippen molar-refractivity contribution in [1.29, 1.82) is 0 Å². The zero-order valence-corrected chi connectivity index (χ0v) is 12.0. The third-order valence-corrected chi connectivity index (χ3v) is 4.79. The Morgan fingerprint density at radius 3 is 2.38 bits per heavy atom. The molecule has 1 atom stereocenters. The molecule has 4 heteroatoms. The lowest BCUT2D eigenvalue weighted by atomic mass is 9.88. The van der Waals surface area contributed by atoms with Crippen LogP contribution in [-0.2, 0) is 4.79 Å². The van der Waals surface area contributed by atoms with E-state index in [-0.39, 0.29) is 11.6 Å². The summed E-state index contributed by atoms with van der Waals surface area (Å²) in [6, 6.07) is 6.39. The molecule has 0 N–H and O–H groups in total. The topological polar surface area (TPSA) is 60.2 Å². The first-order valence-electron chi connectivity index (χ1n) is 7.64. The molecule has 0 unspecified atom stereocenters. The van der Waals surface area contributed by atoms with Gasteiger partial charge in [0.1, 0.15) is 0 Å². The van der Waals surface area contributed by atoms with Gasteiger partial charge in [0.05, 0.1) is 4.92 Å². The molecule has 0 radical (unpaired) electrons. The number of nitrogens with zero attached hydrogens (tertiary/aromatic N) is 1. The van der Waals surface area contributed by atoms with Gasteiger partial charge in [0.15, 0.2) is 5.78 Å². The molecular formula is C17H19NO3. The highest BCUT2D eigenvalue weighted by Crippen LogP contribution is 2.40. The van der Waals surface area contributed by atoms with Crippen LogP contribution in [0, 0.1) is 22.0 Å². The smallest absolute Gasteiger partial charge is 0.269 e. The predicted molar refractivity (Wildman–Crippen MR) is 80.8 cm³/mol. The van der Waals surface area contributed by atoms with E-state index >= 15 is 0 Å². The van der Waals surface area contributed by atoms with E-state index in [1.807, 2.05) is 6.08 Å². The number of rotatable bonds is 3. The second-order valence-electron chi connectivity index (χ2n) is 6.07. The zero-order valence-electron chi connectivity index (χ0n) is 12.0. The minimum absolute atomic E-state index is 0.0822. The molecule has 0 saturated heterocycles. The number of carbonyl (C=O) groups excluding carboxylic acids is 1. The molecular weight excluding hydrogens is 266 g/mol. The monoisotopic (exact) mass is 285 g/mol. The maximum Gasteiger partial charge on any atom is 0.269 e. The lowest BCUT2D eigenvalue weighted by Crippen LogP contribution is -2.16. The predicted octanol–water partition coefficient (Wildman–Crippen LogP) is 4.15. The van der Waals surface area contributed by atoms with Crippen LogP contribution in [0.5, 0.6) is 0 Å². The van der Waals surface area contributed by atoms with Crippen molar-refractivity contribution in [3.63, 3.8) is 0 Å². The van der Waals surface area contributed by atoms with Crippen LogP contribution in [0.2, 0.25) is 0 Å². The molecule has 1 aromatic rings. The molecule has 3 rings (SSSR count). The van der Waals surface area contributed by atoms with E-state index < -0.39 is 4.92 Å². The van der Waals surface area contributed by atoms with Crippen molar-refractivity contribution < 1.29 is 9.72 Å². The lowest BCUT2D eigenvalue weighted by molar-refractivity contribution is -0.384. The zero-order chi connectivity index (χ0) is 14.8. The standard InChI is InChI=1S/C17H19NO3/c19-17-14(7-10-16(17)13-3-1-2-4-13)11-12-5-8-15(9-6-12)18(20)21/h5-6,8-9,11,13,16H,1-4,7,10H2/b14-11+/t16-/m1/s1. The number of allylic oxidation sites excluding steroid dienone is 1. The Morgan fingerprint density at radius 1 is 1.10 bits per heavy atom. The van der Waals surface area contributed by atoms with Crippen molar-refractivity contribution >= 4 is 17.5 Å². The Kier molecular flexibility index (Phi) is 3.86. The van der Waals surface area contributed by atoms with Crippen LogP contribution in [0.1, 0.15) is 44.1 Å². The Hall–Kier alpha value is -1.97. The quantitative estimate of drug-likeness (QED) is 0.476. The van der Waals surface area contributed by atoms with Gasteiger partial charge < -0.3 is 0 Å². The molecule has 0 bridgehead atoms. The van der Waals surface area contributed by atoms with Gasteiger partial charge in [0.2, 0.25) is 0 Å². The van der Waals surface area contributed by atoms with E-state index in [4.69, 9.17) is 0 Å². The second kappa shape index (κ2) is 5.80. The van der Waals surface area contributed by atoms with Crippen LogP contribution in [0.15, 0.2) is 29.8 Å². The second-order valence-corrected chi connectivity index (χ2v) is 6.07. The number of nitro groups is 1. The van der Waals surface area contributed by atoms with E-state index in [9.17, 15) is 14.9 Å². The Balaban J connectivity index is 1.74. The highest BCUT2D eigenvalue weighted by molar-refractivity contribution is 6.03. The van der Waals surface area contributed by atoms with Crippen LogP contribution < -0.4 is 0 Å². The highest BCUT2D eigenvalue weighted by Gasteiger charge is 2.36. The molecule has 2 fully saturated rings. The summed E-state index contributed by atoms with van der Waals surface area (Å²) in [6.07, 6.45) is 8.63. The highest BCUT2D eigenvalue weighted by atomic mass is 16.6. The van der Waals surface area contributed by atoms with Crippen molar-refractivity contribution in [2.45, 2.75) is 38.5 Å². The summed E-state index contributed by atoms with van der Waals surface area (Å²) < 4.78 is 0. The number of benzene rings is 1. The van der Waals surface area contributed by atoms with Crippen molar-refractivity contribution in [3.8, 4) is 0 Å². The SMILES string of the molecule is O=C1/C(=C/c2ccc([N+](=O)[O-])cc2)CC[C@@H]1C1CCCC1. The van der Waals surface area contributed by atoms with Gasteiger partial charge in [0.25, 0.3) is 5.69 Å². The maximum atomic E-state index is 12.5. The number of hydrogen-bond donors (Lipinski definition) is 0. The van der Waals surface area contributed by atoms with Crippen molar-refractivity contribution in [1.82, 2.24) is 0 Å². The average molecular weight is 285 g/mol. The third-order valence-electron chi connectivity index (χ3n) is 4.79. The molecule has 2 saturated carbocycles. The van der Waals surface area contributed by atoms with E-state index in [0.717, 1.165) is 24.0 Å². The van der Waals surface area contributed by atoms with Gasteiger partial charge in [-0.15, -0.1) is 0 Å². The van der Waals surface area contributed by atoms with Gasteiger partial charge in [-0.2, -0.15) is 0 Å². The van der Waals surface area contributed by atoms with E-state index in [1.54, 1.807) is 12.1 Å². The molecule has 0 spiro atoms. The summed E-state index contributed by atoms with van der Waals surface area (Å²) in [4.78, 5) is 22.7. The molecule has 0 aromatic heterocycles. The maximum absolute atomic E-state index is 12.5. The summed E-state index contributed by atoms with van der Waals surface area (Å²) in [7, 11) is 0. The first-order valence-corrected chi connectivity index (χ1v) is 7.64. The fourth-order valence-electron chi connectivity index (χ4n) is 3.65. The van der Waals surface area contributed by atoms with Gasteiger partial charge in [-0.1, -0.05) is 12.8 Å². The Labute approximate surface area is 124 Å². The Morgan fingerprint density at radius 2 is 1.76 bits per heavy atom. The first kappa shape index (κ1) is 14.0. The van der Waals surface area contributed by atoms with Gasteiger partial charge in [-0.05, 0) is 60.9 Å². The summed E-state index contributed by atoms with van der Waals surface area (Å²) in [5.74, 6) is 1.11. The third kappa shape index (κ3) is 2.89. The summed E-state index contributed by atoms with van der Waals surface area (Å²) in [5.41, 5.74) is 1.84. The van der Waals surface area contributed by atoms with Crippen LogP contribution in [0.3, 0.4) is 0 Å². The number of hydrogen-bond acceptors (Lipinski definition) is 3. The number of non-ortho nitro benzene ring substituents is 1. The molecule has 0 amide bonds. The van der Waals surface area contributed by atoms with Crippen molar-refractivity contribution in [2.24, 2.45) is 11.8 Å². The van der Waals surface area contributed by atoms with Crippen molar-refractivity contribution in [3.05, 3.63) is 45.5 Å². The van der Waals surface area contributed by atoms with Crippen LogP contribution >= 0.6 is 0 Å². The van der Waals surface area contributed by atoms with Crippen molar-refractivity contribution in [2.75, 3.05) is 0 Å². The van der Waals surface area contributed by atoms with E-state index in [1.165, 1.54) is 37.8 Å². The molecule has 2 aliphatic carbocycles. The molecule has 0 heterocycles. The lowest BCUT2D eigenvalue weighted by Gasteiger charge is -2.15. The fourth-order valence-corrected chi connectivity index (χ4v) is 3.65. The van der Waals surface area contributed by atoms with Crippen LogP contribution in [-0.4, -0.2) is 10.7 Å². The molecule has 21 heavy (non-hydrogen) atoms. The largest absolute Gasteiger partial charge is 0.294 e. The van der Waals surface area contributed by atoms with Gasteiger partial charge >= 0.3 is 0 Å². The van der Waals surface area contributed by atoms with Crippen LogP contribution in [0.4, 0.5) is 5.69 Å². The van der Waals surface area contributed by atoms with Gasteiger partial charge in [-0.25, -0.2) is 0 Å². The fraction of sp³-hybridized carbons (Fsp3) is 0.471. The average Bonchev–Trinajstić information content (AvgIpc) is 3.10. The van der Waals surface area contributed by atoms with Gasteiger partial charge in [-0.3, -0.25) is 14.9 Å². The number of carbonyl (C=O) groups is 1. The molecule has 0 aliphatic heterocycles. The van der Waals surface area contributed by atoms with Crippen LogP contribution in [0.25, 0.3) is 6.08 Å². The molecule has 4 nitrogen and oxygen atoms in total. The summed E-state index contributed by atoms with van der Waals surface area (Å²) in [6.45, 7) is 0. The Bertz CT molecular complexity index is 583. The number of ketones is 1. The normalized spacial score (nSPS) is 24.9. The van der Waals surface area contributed by atoms with Gasteiger partial charge in [0, 0.05) is 18.1 Å². The minimum atomic E-state index is -0.409.